The summed E-state index contributed by atoms with van der Waals surface area (Å²) in [5.41, 5.74) is 3.17. The second kappa shape index (κ2) is 6.67. The third kappa shape index (κ3) is 3.02. The minimum absolute atomic E-state index is 0.108. The first kappa shape index (κ1) is 17.8. The zero-order chi connectivity index (χ0) is 19.3. The van der Waals surface area contributed by atoms with E-state index in [2.05, 4.69) is 22.0 Å². The first-order valence-electron chi connectivity index (χ1n) is 10.3. The number of imide groups is 1. The molecule has 7 nitrogen and oxygen atoms in total. The molecule has 28 heavy (non-hydrogen) atoms. The molecule has 5 rings (SSSR count). The zero-order valence-electron chi connectivity index (χ0n) is 15.9. The highest BCUT2D eigenvalue weighted by Crippen LogP contribution is 2.51. The first-order valence-corrected chi connectivity index (χ1v) is 10.3. The molecule has 3 atom stereocenters. The van der Waals surface area contributed by atoms with Crippen LogP contribution >= 0.6 is 0 Å². The number of carbonyl (C=O) groups excluding carboxylic acids is 3. The summed E-state index contributed by atoms with van der Waals surface area (Å²) < 4.78 is 0. The number of amides is 3. The monoisotopic (exact) mass is 382 g/mol. The maximum absolute atomic E-state index is 12.9. The van der Waals surface area contributed by atoms with Crippen LogP contribution in [-0.2, 0) is 22.7 Å². The number of nitrogens with zero attached hydrogens (tertiary/aromatic N) is 1. The standard InChI is InChI=1S/C21H26N4O3/c26-18-5-4-16(19(27)24-18)25-11-14-3-2-13(8-15(14)20(25)28)10-22-12-21-6-1-7-23-17(21)9-21/h2-3,8,16-17,22-23H,1,4-7,9-12H2,(H,24,26,27). The molecular formula is C21H26N4O3. The SMILES string of the molecule is O=C1CCC(N2Cc3ccc(CNCC45CCCNC4C5)cc3C2=O)C(=O)N1. The molecule has 3 aliphatic heterocycles. The minimum Gasteiger partial charge on any atom is -0.322 e. The summed E-state index contributed by atoms with van der Waals surface area (Å²) in [5, 5.41) is 9.51. The van der Waals surface area contributed by atoms with Crippen molar-refractivity contribution < 1.29 is 14.4 Å². The molecule has 2 saturated heterocycles. The van der Waals surface area contributed by atoms with E-state index in [0.717, 1.165) is 30.8 Å². The highest BCUT2D eigenvalue weighted by atomic mass is 16.2. The molecular weight excluding hydrogens is 356 g/mol. The van der Waals surface area contributed by atoms with Gasteiger partial charge in [0.1, 0.15) is 6.04 Å². The molecule has 1 saturated carbocycles. The van der Waals surface area contributed by atoms with Gasteiger partial charge < -0.3 is 15.5 Å². The van der Waals surface area contributed by atoms with Crippen LogP contribution < -0.4 is 16.0 Å². The van der Waals surface area contributed by atoms with Crippen LogP contribution in [0, 0.1) is 5.41 Å². The highest BCUT2D eigenvalue weighted by Gasteiger charge is 2.54. The van der Waals surface area contributed by atoms with E-state index < -0.39 is 6.04 Å². The molecule has 1 aromatic rings. The van der Waals surface area contributed by atoms with E-state index in [1.165, 1.54) is 19.3 Å². The van der Waals surface area contributed by atoms with Gasteiger partial charge in [0.05, 0.1) is 0 Å². The Kier molecular flexibility index (Phi) is 4.25. The second-order valence-electron chi connectivity index (χ2n) is 8.67. The molecule has 3 amide bonds. The van der Waals surface area contributed by atoms with Crippen molar-refractivity contribution in [1.82, 2.24) is 20.9 Å². The van der Waals surface area contributed by atoms with Gasteiger partial charge in [-0.05, 0) is 54.8 Å². The van der Waals surface area contributed by atoms with Crippen LogP contribution in [0.15, 0.2) is 18.2 Å². The second-order valence-corrected chi connectivity index (χ2v) is 8.67. The quantitative estimate of drug-likeness (QED) is 0.652. The lowest BCUT2D eigenvalue weighted by Crippen LogP contribution is -2.52. The third-order valence-electron chi connectivity index (χ3n) is 6.83. The van der Waals surface area contributed by atoms with Gasteiger partial charge >= 0.3 is 0 Å². The molecule has 1 aliphatic carbocycles. The lowest BCUT2D eigenvalue weighted by molar-refractivity contribution is -0.136. The zero-order valence-corrected chi connectivity index (χ0v) is 15.9. The van der Waals surface area contributed by atoms with E-state index >= 15 is 0 Å². The van der Waals surface area contributed by atoms with E-state index in [-0.39, 0.29) is 24.1 Å². The van der Waals surface area contributed by atoms with Crippen LogP contribution in [0.3, 0.4) is 0 Å². The Bertz CT molecular complexity index is 854. The summed E-state index contributed by atoms with van der Waals surface area (Å²) in [6, 6.07) is 6.14. The van der Waals surface area contributed by atoms with Gasteiger partial charge in [0, 0.05) is 37.7 Å². The summed E-state index contributed by atoms with van der Waals surface area (Å²) in [6.45, 7) is 3.33. The summed E-state index contributed by atoms with van der Waals surface area (Å²) in [7, 11) is 0. The Morgan fingerprint density at radius 2 is 2.14 bits per heavy atom. The molecule has 148 valence electrons. The van der Waals surface area contributed by atoms with Gasteiger partial charge in [-0.25, -0.2) is 0 Å². The van der Waals surface area contributed by atoms with Crippen molar-refractivity contribution in [3.8, 4) is 0 Å². The van der Waals surface area contributed by atoms with E-state index in [9.17, 15) is 14.4 Å². The number of hydrogen-bond acceptors (Lipinski definition) is 5. The molecule has 3 N–H and O–H groups in total. The summed E-state index contributed by atoms with van der Waals surface area (Å²) in [6.07, 6.45) is 4.49. The van der Waals surface area contributed by atoms with Crippen molar-refractivity contribution in [3.05, 3.63) is 34.9 Å². The van der Waals surface area contributed by atoms with Crippen molar-refractivity contribution in [2.75, 3.05) is 13.1 Å². The number of rotatable bonds is 5. The summed E-state index contributed by atoms with van der Waals surface area (Å²) >= 11 is 0. The van der Waals surface area contributed by atoms with Gasteiger partial charge in [0.2, 0.25) is 11.8 Å². The predicted octanol–water partition coefficient (Wildman–Crippen LogP) is 0.679. The van der Waals surface area contributed by atoms with Crippen LogP contribution in [0.25, 0.3) is 0 Å². The van der Waals surface area contributed by atoms with Crippen molar-refractivity contribution in [3.63, 3.8) is 0 Å². The fourth-order valence-corrected chi connectivity index (χ4v) is 5.08. The number of benzene rings is 1. The van der Waals surface area contributed by atoms with Crippen LogP contribution in [0.4, 0.5) is 0 Å². The summed E-state index contributed by atoms with van der Waals surface area (Å²) in [4.78, 5) is 38.0. The Labute approximate surface area is 164 Å². The molecule has 0 spiro atoms. The highest BCUT2D eigenvalue weighted by molar-refractivity contribution is 6.05. The lowest BCUT2D eigenvalue weighted by atomic mass is 9.96. The Morgan fingerprint density at radius 3 is 2.96 bits per heavy atom. The van der Waals surface area contributed by atoms with Crippen LogP contribution in [0.5, 0.6) is 0 Å². The smallest absolute Gasteiger partial charge is 0.255 e. The van der Waals surface area contributed by atoms with Gasteiger partial charge in [-0.3, -0.25) is 19.7 Å². The first-order chi connectivity index (χ1) is 13.6. The Morgan fingerprint density at radius 1 is 1.25 bits per heavy atom. The van der Waals surface area contributed by atoms with Crippen molar-refractivity contribution in [2.24, 2.45) is 5.41 Å². The maximum Gasteiger partial charge on any atom is 0.255 e. The predicted molar refractivity (Wildman–Crippen MR) is 102 cm³/mol. The van der Waals surface area contributed by atoms with Gasteiger partial charge in [-0.1, -0.05) is 12.1 Å². The van der Waals surface area contributed by atoms with Crippen molar-refractivity contribution >= 4 is 17.7 Å². The molecule has 1 aromatic carbocycles. The van der Waals surface area contributed by atoms with Gasteiger partial charge in [-0.2, -0.15) is 0 Å². The van der Waals surface area contributed by atoms with Crippen LogP contribution in [0.2, 0.25) is 0 Å². The molecule has 4 aliphatic rings. The van der Waals surface area contributed by atoms with Crippen LogP contribution in [-0.4, -0.2) is 47.8 Å². The van der Waals surface area contributed by atoms with E-state index in [0.29, 0.717) is 30.0 Å². The van der Waals surface area contributed by atoms with E-state index in [4.69, 9.17) is 0 Å². The normalized spacial score (nSPS) is 31.4. The Hall–Kier alpha value is -2.25. The van der Waals surface area contributed by atoms with E-state index in [1.807, 2.05) is 12.1 Å². The number of hydrogen-bond donors (Lipinski definition) is 3. The van der Waals surface area contributed by atoms with E-state index in [1.54, 1.807) is 4.90 Å². The minimum atomic E-state index is -0.552. The number of piperidine rings is 2. The van der Waals surface area contributed by atoms with Crippen LogP contribution in [0.1, 0.15) is 53.6 Å². The van der Waals surface area contributed by atoms with Crippen molar-refractivity contribution in [2.45, 2.75) is 57.3 Å². The summed E-state index contributed by atoms with van der Waals surface area (Å²) in [5.74, 6) is -0.730. The van der Waals surface area contributed by atoms with Gasteiger partial charge in [0.25, 0.3) is 5.91 Å². The largest absolute Gasteiger partial charge is 0.322 e. The third-order valence-corrected chi connectivity index (χ3v) is 6.83. The molecule has 3 fully saturated rings. The van der Waals surface area contributed by atoms with Gasteiger partial charge in [0.15, 0.2) is 0 Å². The Balaban J connectivity index is 1.22. The fraction of sp³-hybridized carbons (Fsp3) is 0.571. The maximum atomic E-state index is 12.9. The molecule has 0 radical (unpaired) electrons. The molecule has 0 aromatic heterocycles. The van der Waals surface area contributed by atoms with Gasteiger partial charge in [-0.15, -0.1) is 0 Å². The lowest BCUT2D eigenvalue weighted by Gasteiger charge is -2.29. The number of carbonyl (C=O) groups is 3. The molecule has 3 heterocycles. The molecule has 0 bridgehead atoms. The van der Waals surface area contributed by atoms with Crippen molar-refractivity contribution in [1.29, 1.82) is 0 Å². The topological polar surface area (TPSA) is 90.5 Å². The number of fused-ring (bicyclic) bond motifs is 2. The fourth-order valence-electron chi connectivity index (χ4n) is 5.08. The molecule has 3 unspecified atom stereocenters. The number of nitrogens with one attached hydrogen (secondary N) is 3. The average Bonchev–Trinajstić information content (AvgIpc) is 3.33. The molecule has 7 heteroatoms. The average molecular weight is 382 g/mol.